The lowest BCUT2D eigenvalue weighted by molar-refractivity contribution is -0.137. The number of nitrogens with one attached hydrogen (secondary N) is 1. The molecule has 0 fully saturated rings. The molecular weight excluding hydrogens is 416 g/mol. The van der Waals surface area contributed by atoms with Crippen molar-refractivity contribution in [3.8, 4) is 11.5 Å². The Morgan fingerprint density at radius 3 is 2.35 bits per heavy atom. The van der Waals surface area contributed by atoms with Gasteiger partial charge in [-0.25, -0.2) is 4.39 Å². The van der Waals surface area contributed by atoms with Crippen LogP contribution >= 0.6 is 0 Å². The van der Waals surface area contributed by atoms with Crippen LogP contribution in [-0.2, 0) is 6.18 Å². The Morgan fingerprint density at radius 2 is 1.71 bits per heavy atom. The van der Waals surface area contributed by atoms with E-state index in [0.29, 0.717) is 11.6 Å². The summed E-state index contributed by atoms with van der Waals surface area (Å²) in [4.78, 5) is 24.1. The van der Waals surface area contributed by atoms with Gasteiger partial charge in [-0.3, -0.25) is 9.59 Å². The van der Waals surface area contributed by atoms with Gasteiger partial charge in [0.2, 0.25) is 5.91 Å². The molecule has 3 rings (SSSR count). The first-order valence-corrected chi connectivity index (χ1v) is 8.91. The molecular formula is C22H16F4N2O3. The van der Waals surface area contributed by atoms with Crippen LogP contribution in [0.15, 0.2) is 60.7 Å². The molecule has 0 unspecified atom stereocenters. The van der Waals surface area contributed by atoms with Crippen LogP contribution in [0.1, 0.15) is 31.8 Å². The van der Waals surface area contributed by atoms with Crippen molar-refractivity contribution in [2.24, 2.45) is 5.73 Å². The highest BCUT2D eigenvalue weighted by Crippen LogP contribution is 2.36. The van der Waals surface area contributed by atoms with E-state index in [1.807, 2.05) is 0 Å². The van der Waals surface area contributed by atoms with Crippen LogP contribution in [0.5, 0.6) is 11.5 Å². The van der Waals surface area contributed by atoms with Crippen LogP contribution < -0.4 is 15.8 Å². The molecule has 0 radical (unpaired) electrons. The van der Waals surface area contributed by atoms with Crippen LogP contribution in [0.25, 0.3) is 0 Å². The van der Waals surface area contributed by atoms with Crippen LogP contribution in [0, 0.1) is 12.7 Å². The second kappa shape index (κ2) is 8.47. The highest BCUT2D eigenvalue weighted by Gasteiger charge is 2.32. The molecule has 0 aliphatic carbocycles. The van der Waals surface area contributed by atoms with E-state index in [4.69, 9.17) is 10.5 Å². The Kier molecular flexibility index (Phi) is 5.96. The zero-order valence-electron chi connectivity index (χ0n) is 16.1. The van der Waals surface area contributed by atoms with Crippen molar-refractivity contribution < 1.29 is 31.9 Å². The Hall–Kier alpha value is -3.88. The Morgan fingerprint density at radius 1 is 0.968 bits per heavy atom. The van der Waals surface area contributed by atoms with Gasteiger partial charge in [-0.1, -0.05) is 6.07 Å². The van der Waals surface area contributed by atoms with Gasteiger partial charge < -0.3 is 15.8 Å². The fourth-order valence-electron chi connectivity index (χ4n) is 2.77. The third kappa shape index (κ3) is 5.19. The van der Waals surface area contributed by atoms with Gasteiger partial charge in [0.05, 0.1) is 11.1 Å². The van der Waals surface area contributed by atoms with Gasteiger partial charge in [0.1, 0.15) is 17.3 Å². The number of carbonyl (C=O) groups excluding carboxylic acids is 2. The molecule has 3 aromatic rings. The van der Waals surface area contributed by atoms with Gasteiger partial charge in [0, 0.05) is 11.3 Å². The molecule has 31 heavy (non-hydrogen) atoms. The number of carbonyl (C=O) groups is 2. The third-order valence-corrected chi connectivity index (χ3v) is 4.32. The summed E-state index contributed by atoms with van der Waals surface area (Å²) >= 11 is 0. The molecule has 3 N–H and O–H groups in total. The van der Waals surface area contributed by atoms with Crippen molar-refractivity contribution in [2.75, 3.05) is 5.32 Å². The summed E-state index contributed by atoms with van der Waals surface area (Å²) in [5, 5.41) is 2.49. The molecule has 0 spiro atoms. The molecule has 5 nitrogen and oxygen atoms in total. The van der Waals surface area contributed by atoms with Crippen LogP contribution in [0.4, 0.5) is 23.2 Å². The lowest BCUT2D eigenvalue weighted by atomic mass is 10.1. The molecule has 0 aliphatic heterocycles. The topological polar surface area (TPSA) is 81.4 Å². The largest absolute Gasteiger partial charge is 0.456 e. The van der Waals surface area contributed by atoms with Gasteiger partial charge in [0.15, 0.2) is 0 Å². The maximum absolute atomic E-state index is 13.3. The Balaban J connectivity index is 1.99. The monoisotopic (exact) mass is 432 g/mol. The van der Waals surface area contributed by atoms with E-state index in [2.05, 4.69) is 5.32 Å². The molecule has 0 saturated heterocycles. The van der Waals surface area contributed by atoms with E-state index >= 15 is 0 Å². The second-order valence-electron chi connectivity index (χ2n) is 6.62. The number of nitrogens with two attached hydrogens (primary N) is 1. The number of halogens is 4. The number of hydrogen-bond donors (Lipinski definition) is 2. The quantitative estimate of drug-likeness (QED) is 0.537. The first-order chi connectivity index (χ1) is 14.5. The molecule has 9 heteroatoms. The van der Waals surface area contributed by atoms with Crippen LogP contribution in [-0.4, -0.2) is 11.8 Å². The summed E-state index contributed by atoms with van der Waals surface area (Å²) in [6.07, 6.45) is -4.67. The predicted molar refractivity (Wildman–Crippen MR) is 106 cm³/mol. The van der Waals surface area contributed by atoms with Crippen molar-refractivity contribution in [3.05, 3.63) is 88.7 Å². The summed E-state index contributed by atoms with van der Waals surface area (Å²) in [7, 11) is 0. The average molecular weight is 432 g/mol. The number of rotatable bonds is 5. The molecule has 3 aromatic carbocycles. The number of amides is 2. The molecule has 0 aliphatic rings. The van der Waals surface area contributed by atoms with Crippen molar-refractivity contribution in [3.63, 3.8) is 0 Å². The van der Waals surface area contributed by atoms with Gasteiger partial charge in [-0.15, -0.1) is 0 Å². The van der Waals surface area contributed by atoms with E-state index in [9.17, 15) is 27.2 Å². The zero-order chi connectivity index (χ0) is 22.8. The van der Waals surface area contributed by atoms with Crippen molar-refractivity contribution in [1.82, 2.24) is 0 Å². The summed E-state index contributed by atoms with van der Waals surface area (Å²) in [5.41, 5.74) is 4.69. The Bertz CT molecular complexity index is 1160. The standard InChI is InChI=1S/C22H16F4N2O3/c1-12-9-15(23)6-8-18(12)31-19-11-14(22(24,25)26)5-7-17(19)21(30)28-16-4-2-3-13(10-16)20(27)29/h2-11H,1H3,(H2,27,29)(H,28,30). The minimum absolute atomic E-state index is 0.0884. The fourth-order valence-corrected chi connectivity index (χ4v) is 2.77. The zero-order valence-corrected chi connectivity index (χ0v) is 16.1. The smallest absolute Gasteiger partial charge is 0.416 e. The summed E-state index contributed by atoms with van der Waals surface area (Å²) < 4.78 is 58.5. The maximum atomic E-state index is 13.3. The number of ether oxygens (including phenoxy) is 1. The normalized spacial score (nSPS) is 11.1. The van der Waals surface area contributed by atoms with Crippen LogP contribution in [0.2, 0.25) is 0 Å². The Labute approximate surface area is 174 Å². The summed E-state index contributed by atoms with van der Waals surface area (Å²) in [6.45, 7) is 1.51. The molecule has 2 amide bonds. The second-order valence-corrected chi connectivity index (χ2v) is 6.62. The van der Waals surface area contributed by atoms with Crippen molar-refractivity contribution >= 4 is 17.5 Å². The van der Waals surface area contributed by atoms with Gasteiger partial charge in [0.25, 0.3) is 5.91 Å². The molecule has 0 bridgehead atoms. The number of alkyl halides is 3. The molecule has 0 atom stereocenters. The third-order valence-electron chi connectivity index (χ3n) is 4.32. The number of aryl methyl sites for hydroxylation is 1. The highest BCUT2D eigenvalue weighted by atomic mass is 19.4. The first kappa shape index (κ1) is 21.8. The number of benzene rings is 3. The molecule has 0 aromatic heterocycles. The molecule has 160 valence electrons. The van der Waals surface area contributed by atoms with Gasteiger partial charge in [-0.2, -0.15) is 13.2 Å². The van der Waals surface area contributed by atoms with Gasteiger partial charge >= 0.3 is 6.18 Å². The fraction of sp³-hybridized carbons (Fsp3) is 0.0909. The number of primary amides is 1. The van der Waals surface area contributed by atoms with Gasteiger partial charge in [-0.05, 0) is 67.1 Å². The average Bonchev–Trinajstić information content (AvgIpc) is 2.69. The SMILES string of the molecule is Cc1cc(F)ccc1Oc1cc(C(F)(F)F)ccc1C(=O)Nc1cccc(C(N)=O)c1. The maximum Gasteiger partial charge on any atom is 0.416 e. The van der Waals surface area contributed by atoms with Crippen LogP contribution in [0.3, 0.4) is 0 Å². The van der Waals surface area contributed by atoms with Crippen molar-refractivity contribution in [1.29, 1.82) is 0 Å². The lowest BCUT2D eigenvalue weighted by Crippen LogP contribution is -2.16. The van der Waals surface area contributed by atoms with E-state index in [1.54, 1.807) is 0 Å². The van der Waals surface area contributed by atoms with Crippen molar-refractivity contribution in [2.45, 2.75) is 13.1 Å². The first-order valence-electron chi connectivity index (χ1n) is 8.91. The van der Waals surface area contributed by atoms with E-state index < -0.39 is 29.4 Å². The minimum Gasteiger partial charge on any atom is -0.456 e. The van der Waals surface area contributed by atoms with E-state index in [0.717, 1.165) is 24.3 Å². The number of anilines is 1. The summed E-state index contributed by atoms with van der Waals surface area (Å²) in [6, 6.07) is 11.7. The number of hydrogen-bond acceptors (Lipinski definition) is 3. The molecule has 0 saturated carbocycles. The lowest BCUT2D eigenvalue weighted by Gasteiger charge is -2.16. The van der Waals surface area contributed by atoms with E-state index in [-0.39, 0.29) is 28.3 Å². The highest BCUT2D eigenvalue weighted by molar-refractivity contribution is 6.07. The van der Waals surface area contributed by atoms with E-state index in [1.165, 1.54) is 37.3 Å². The minimum atomic E-state index is -4.67. The predicted octanol–water partition coefficient (Wildman–Crippen LogP) is 5.30. The summed E-state index contributed by atoms with van der Waals surface area (Å²) in [5.74, 6) is -2.30. The molecule has 0 heterocycles.